The van der Waals surface area contributed by atoms with Crippen LogP contribution in [0.2, 0.25) is 5.02 Å². The second kappa shape index (κ2) is 6.04. The average molecular weight is 306 g/mol. The fraction of sp³-hybridized carbons (Fsp3) is 0.294. The van der Waals surface area contributed by atoms with E-state index in [1.165, 1.54) is 12.1 Å². The van der Waals surface area contributed by atoms with Crippen molar-refractivity contribution in [1.29, 1.82) is 0 Å². The molecule has 0 amide bonds. The molecular formula is C17H17ClFNO. The molecule has 21 heavy (non-hydrogen) atoms. The van der Waals surface area contributed by atoms with E-state index in [4.69, 9.17) is 22.1 Å². The summed E-state index contributed by atoms with van der Waals surface area (Å²) in [6.45, 7) is 0.696. The van der Waals surface area contributed by atoms with Gasteiger partial charge in [-0.2, -0.15) is 0 Å². The summed E-state index contributed by atoms with van der Waals surface area (Å²) in [5, 5.41) is 0.715. The molecule has 2 aromatic carbocycles. The lowest BCUT2D eigenvalue weighted by atomic mass is 9.97. The Morgan fingerprint density at radius 3 is 2.90 bits per heavy atom. The number of fused-ring (bicyclic) bond motifs is 1. The Balaban J connectivity index is 1.75. The molecular weight excluding hydrogens is 289 g/mol. The molecule has 0 fully saturated rings. The maximum Gasteiger partial charge on any atom is 0.125 e. The highest BCUT2D eigenvalue weighted by Crippen LogP contribution is 2.33. The lowest BCUT2D eigenvalue weighted by Crippen LogP contribution is -2.25. The highest BCUT2D eigenvalue weighted by atomic mass is 35.5. The van der Waals surface area contributed by atoms with E-state index in [1.54, 1.807) is 6.07 Å². The first kappa shape index (κ1) is 14.4. The molecule has 110 valence electrons. The van der Waals surface area contributed by atoms with Crippen LogP contribution in [0.1, 0.15) is 16.7 Å². The fourth-order valence-corrected chi connectivity index (χ4v) is 3.08. The Bertz CT molecular complexity index is 659. The maximum absolute atomic E-state index is 13.2. The van der Waals surface area contributed by atoms with Crippen molar-refractivity contribution >= 4 is 11.6 Å². The third-order valence-corrected chi connectivity index (χ3v) is 3.91. The van der Waals surface area contributed by atoms with Crippen molar-refractivity contribution in [3.05, 3.63) is 63.9 Å². The molecule has 1 unspecified atom stereocenters. The molecule has 0 aromatic heterocycles. The summed E-state index contributed by atoms with van der Waals surface area (Å²) < 4.78 is 18.9. The SMILES string of the molecule is NC(Cc1cccc(F)c1)Cc1cc(Cl)cc2c1OCC2. The van der Waals surface area contributed by atoms with Crippen LogP contribution in [0.3, 0.4) is 0 Å². The fourth-order valence-electron chi connectivity index (χ4n) is 2.82. The van der Waals surface area contributed by atoms with Gasteiger partial charge in [-0.15, -0.1) is 0 Å². The van der Waals surface area contributed by atoms with E-state index in [0.29, 0.717) is 24.5 Å². The second-order valence-electron chi connectivity index (χ2n) is 5.45. The summed E-state index contributed by atoms with van der Waals surface area (Å²) in [5.41, 5.74) is 9.30. The molecule has 0 saturated carbocycles. The molecule has 3 rings (SSSR count). The molecule has 0 aliphatic carbocycles. The predicted octanol–water partition coefficient (Wildman–Crippen LogP) is 3.53. The van der Waals surface area contributed by atoms with Gasteiger partial charge in [-0.1, -0.05) is 23.7 Å². The maximum atomic E-state index is 13.2. The van der Waals surface area contributed by atoms with Crippen LogP contribution in [0.25, 0.3) is 0 Å². The molecule has 2 nitrogen and oxygen atoms in total. The number of hydrogen-bond acceptors (Lipinski definition) is 2. The smallest absolute Gasteiger partial charge is 0.125 e. The molecule has 1 aliphatic rings. The molecule has 1 aliphatic heterocycles. The minimum Gasteiger partial charge on any atom is -0.493 e. The van der Waals surface area contributed by atoms with Crippen molar-refractivity contribution in [2.75, 3.05) is 6.61 Å². The van der Waals surface area contributed by atoms with Gasteiger partial charge in [0.15, 0.2) is 0 Å². The summed E-state index contributed by atoms with van der Waals surface area (Å²) in [7, 11) is 0. The Kier molecular flexibility index (Phi) is 4.13. The average Bonchev–Trinajstić information content (AvgIpc) is 2.86. The zero-order valence-corrected chi connectivity index (χ0v) is 12.4. The van der Waals surface area contributed by atoms with Crippen LogP contribution in [-0.2, 0) is 19.3 Å². The van der Waals surface area contributed by atoms with E-state index in [2.05, 4.69) is 0 Å². The summed E-state index contributed by atoms with van der Waals surface area (Å²) >= 11 is 6.15. The van der Waals surface area contributed by atoms with E-state index < -0.39 is 0 Å². The third kappa shape index (κ3) is 3.36. The Hall–Kier alpha value is -1.58. The van der Waals surface area contributed by atoms with Gasteiger partial charge < -0.3 is 10.5 Å². The van der Waals surface area contributed by atoms with Crippen LogP contribution < -0.4 is 10.5 Å². The van der Waals surface area contributed by atoms with Crippen LogP contribution in [0.15, 0.2) is 36.4 Å². The molecule has 2 N–H and O–H groups in total. The number of rotatable bonds is 4. The van der Waals surface area contributed by atoms with Crippen molar-refractivity contribution in [3.8, 4) is 5.75 Å². The van der Waals surface area contributed by atoms with E-state index in [0.717, 1.165) is 28.9 Å². The number of benzene rings is 2. The molecule has 2 aromatic rings. The van der Waals surface area contributed by atoms with Gasteiger partial charge in [-0.3, -0.25) is 0 Å². The monoisotopic (exact) mass is 305 g/mol. The van der Waals surface area contributed by atoms with Crippen LogP contribution in [-0.4, -0.2) is 12.6 Å². The number of ether oxygens (including phenoxy) is 1. The molecule has 0 saturated heterocycles. The number of hydrogen-bond donors (Lipinski definition) is 1. The molecule has 1 heterocycles. The van der Waals surface area contributed by atoms with Crippen LogP contribution >= 0.6 is 11.6 Å². The summed E-state index contributed by atoms with van der Waals surface area (Å²) in [6, 6.07) is 10.3. The molecule has 0 bridgehead atoms. The van der Waals surface area contributed by atoms with Gasteiger partial charge in [0, 0.05) is 17.5 Å². The van der Waals surface area contributed by atoms with Crippen molar-refractivity contribution in [2.45, 2.75) is 25.3 Å². The van der Waals surface area contributed by atoms with Crippen molar-refractivity contribution in [3.63, 3.8) is 0 Å². The van der Waals surface area contributed by atoms with E-state index >= 15 is 0 Å². The third-order valence-electron chi connectivity index (χ3n) is 3.69. The van der Waals surface area contributed by atoms with Gasteiger partial charge in [0.1, 0.15) is 11.6 Å². The highest BCUT2D eigenvalue weighted by Gasteiger charge is 2.19. The first-order valence-electron chi connectivity index (χ1n) is 7.06. The van der Waals surface area contributed by atoms with E-state index in [1.807, 2.05) is 18.2 Å². The second-order valence-corrected chi connectivity index (χ2v) is 5.89. The zero-order valence-electron chi connectivity index (χ0n) is 11.6. The Labute approximate surface area is 128 Å². The minimum atomic E-state index is -0.230. The first-order chi connectivity index (χ1) is 10.1. The summed E-state index contributed by atoms with van der Waals surface area (Å²) in [6.07, 6.45) is 2.18. The summed E-state index contributed by atoms with van der Waals surface area (Å²) in [5.74, 6) is 0.695. The summed E-state index contributed by atoms with van der Waals surface area (Å²) in [4.78, 5) is 0. The van der Waals surface area contributed by atoms with Gasteiger partial charge >= 0.3 is 0 Å². The predicted molar refractivity (Wildman–Crippen MR) is 82.4 cm³/mol. The molecule has 4 heteroatoms. The van der Waals surface area contributed by atoms with Crippen molar-refractivity contribution < 1.29 is 9.13 Å². The normalized spacial score (nSPS) is 14.6. The van der Waals surface area contributed by atoms with Gasteiger partial charge in [0.2, 0.25) is 0 Å². The largest absolute Gasteiger partial charge is 0.493 e. The van der Waals surface area contributed by atoms with Crippen LogP contribution in [0.4, 0.5) is 4.39 Å². The van der Waals surface area contributed by atoms with E-state index in [9.17, 15) is 4.39 Å². The molecule has 0 radical (unpaired) electrons. The Morgan fingerprint density at radius 1 is 1.24 bits per heavy atom. The van der Waals surface area contributed by atoms with Crippen LogP contribution in [0.5, 0.6) is 5.75 Å². The molecule has 1 atom stereocenters. The van der Waals surface area contributed by atoms with Gasteiger partial charge in [-0.25, -0.2) is 4.39 Å². The minimum absolute atomic E-state index is 0.0985. The molecule has 0 spiro atoms. The lowest BCUT2D eigenvalue weighted by molar-refractivity contribution is 0.352. The van der Waals surface area contributed by atoms with Crippen LogP contribution in [0, 0.1) is 5.82 Å². The standard InChI is InChI=1S/C17H17ClFNO/c18-14-8-12-4-5-21-17(12)13(9-14)10-16(20)7-11-2-1-3-15(19)6-11/h1-3,6,8-9,16H,4-5,7,10,20H2. The number of halogens is 2. The highest BCUT2D eigenvalue weighted by molar-refractivity contribution is 6.30. The van der Waals surface area contributed by atoms with Gasteiger partial charge in [0.25, 0.3) is 0 Å². The topological polar surface area (TPSA) is 35.2 Å². The number of nitrogens with two attached hydrogens (primary N) is 1. The van der Waals surface area contributed by atoms with Gasteiger partial charge in [0.05, 0.1) is 6.61 Å². The van der Waals surface area contributed by atoms with Crippen molar-refractivity contribution in [2.24, 2.45) is 5.73 Å². The van der Waals surface area contributed by atoms with Gasteiger partial charge in [-0.05, 0) is 53.8 Å². The van der Waals surface area contributed by atoms with Crippen molar-refractivity contribution in [1.82, 2.24) is 0 Å². The lowest BCUT2D eigenvalue weighted by Gasteiger charge is -2.15. The van der Waals surface area contributed by atoms with E-state index in [-0.39, 0.29) is 11.9 Å². The Morgan fingerprint density at radius 2 is 2.10 bits per heavy atom. The quantitative estimate of drug-likeness (QED) is 0.938. The first-order valence-corrected chi connectivity index (χ1v) is 7.44. The zero-order chi connectivity index (χ0) is 14.8.